The smallest absolute Gasteiger partial charge is 0.349 e. The van der Waals surface area contributed by atoms with Crippen molar-refractivity contribution in [2.75, 3.05) is 141 Å². The minimum Gasteiger partial charge on any atom is -0.470 e. The second kappa shape index (κ2) is 29.9. The Morgan fingerprint density at radius 2 is 0.788 bits per heavy atom. The van der Waals surface area contributed by atoms with E-state index in [1.807, 2.05) is 41.5 Å². The Morgan fingerprint density at radius 3 is 1.07 bits per heavy atom. The largest absolute Gasteiger partial charge is 0.470 e. The highest BCUT2D eigenvalue weighted by Gasteiger charge is 2.44. The summed E-state index contributed by atoms with van der Waals surface area (Å²) in [5.74, 6) is -5.28. The molecule has 3 N–H and O–H groups in total. The maximum Gasteiger partial charge on any atom is 0.349 e. The van der Waals surface area contributed by atoms with Crippen molar-refractivity contribution < 1.29 is 43.0 Å². The minimum atomic E-state index is -1.16. The fraction of sp³-hybridized carbons (Fsp3) is 0.672. The number of nitrogens with one attached hydrogen (secondary N) is 3. The second-order valence-electron chi connectivity index (χ2n) is 26.1. The first kappa shape index (κ1) is 67.1. The molecule has 0 spiro atoms. The molecule has 3 heterocycles. The molecular weight excluding hydrogens is 1080 g/mol. The topological polar surface area (TPSA) is 238 Å². The van der Waals surface area contributed by atoms with Crippen LogP contribution in [0.4, 0.5) is 0 Å². The lowest BCUT2D eigenvalue weighted by atomic mass is 9.72. The molecule has 0 aromatic carbocycles. The van der Waals surface area contributed by atoms with Crippen LogP contribution in [0.25, 0.3) is 4.85 Å². The van der Waals surface area contributed by atoms with Crippen molar-refractivity contribution in [3.8, 4) is 12.1 Å². The molecule has 0 unspecified atom stereocenters. The van der Waals surface area contributed by atoms with E-state index in [0.717, 1.165) is 94.9 Å². The Bertz CT molecular complexity index is 2570. The summed E-state index contributed by atoms with van der Waals surface area (Å²) in [5, 5.41) is 31.1. The van der Waals surface area contributed by atoms with E-state index in [1.165, 1.54) is 0 Å². The molecule has 0 bridgehead atoms. The molecule has 3 fully saturated rings. The third kappa shape index (κ3) is 16.7. The molecule has 85 heavy (non-hydrogen) atoms. The number of ether oxygens (including phenoxy) is 3. The third-order valence-electron chi connectivity index (χ3n) is 17.1. The highest BCUT2D eigenvalue weighted by atomic mass is 16.6. The van der Waals surface area contributed by atoms with E-state index in [2.05, 4.69) is 47.6 Å². The summed E-state index contributed by atoms with van der Waals surface area (Å²) >= 11 is 0. The van der Waals surface area contributed by atoms with E-state index in [4.69, 9.17) is 20.8 Å². The molecule has 0 radical (unpaired) electrons. The van der Waals surface area contributed by atoms with Gasteiger partial charge in [0.25, 0.3) is 23.4 Å². The summed E-state index contributed by atoms with van der Waals surface area (Å²) in [6.45, 7) is 25.9. The zero-order valence-corrected chi connectivity index (χ0v) is 52.9. The Labute approximate surface area is 504 Å². The van der Waals surface area contributed by atoms with Gasteiger partial charge >= 0.3 is 17.9 Å². The Kier molecular flexibility index (Phi) is 23.6. The SMILES string of the molecule is [C-]#[N+]/C(C(=O)OCC(COC(=O)/C(C#N)=C1\CC(C)(C)CC(N2CCCC2)=C1C(=O)N(C)CCNC)COC(=O)/C(C#N)=C1\CC(C)(C)CC(N2CCCC2)=C1C(=O)N(C)CCNC)=C1/CC(C)(C)CC(N2CCCC2)=C1C(=O)N(C)CCNC. The number of likely N-dealkylation sites (N-methyl/N-ethyl adjacent to an activating group) is 6. The van der Waals surface area contributed by atoms with Crippen LogP contribution in [0.1, 0.15) is 119 Å². The summed E-state index contributed by atoms with van der Waals surface area (Å²) in [5.41, 5.74) is 1.48. The number of allylic oxidation sites excluding steroid dienone is 3. The van der Waals surface area contributed by atoms with Crippen LogP contribution in [0.5, 0.6) is 0 Å². The third-order valence-corrected chi connectivity index (χ3v) is 17.1. The molecule has 3 saturated heterocycles. The molecule has 6 rings (SSSR count). The van der Waals surface area contributed by atoms with Gasteiger partial charge in [0.15, 0.2) is 0 Å². The first-order valence-corrected chi connectivity index (χ1v) is 30.4. The Morgan fingerprint density at radius 1 is 0.506 bits per heavy atom. The summed E-state index contributed by atoms with van der Waals surface area (Å²) in [7, 11) is 10.4. The highest BCUT2D eigenvalue weighted by Crippen LogP contribution is 2.49. The normalized spacial score (nSPS) is 21.0. The maximum atomic E-state index is 14.7. The second-order valence-corrected chi connectivity index (χ2v) is 26.1. The van der Waals surface area contributed by atoms with Gasteiger partial charge in [-0.3, -0.25) is 19.2 Å². The van der Waals surface area contributed by atoms with Gasteiger partial charge in [-0.05, 0) is 131 Å². The molecule has 3 amide bonds. The number of carbonyl (C=O) groups excluding carboxylic acids is 6. The van der Waals surface area contributed by atoms with Crippen molar-refractivity contribution in [3.05, 3.63) is 78.8 Å². The van der Waals surface area contributed by atoms with Crippen molar-refractivity contribution in [2.45, 2.75) is 119 Å². The molecule has 3 aliphatic heterocycles. The van der Waals surface area contributed by atoms with Crippen LogP contribution in [0, 0.1) is 51.4 Å². The monoisotopic (exact) mass is 1170 g/mol. The molecule has 0 saturated carbocycles. The first-order chi connectivity index (χ1) is 40.4. The van der Waals surface area contributed by atoms with E-state index in [9.17, 15) is 39.3 Å². The number of nitriles is 2. The van der Waals surface area contributed by atoms with Crippen molar-refractivity contribution in [1.82, 2.24) is 45.3 Å². The van der Waals surface area contributed by atoms with Gasteiger partial charge in [0.2, 0.25) is 0 Å². The van der Waals surface area contributed by atoms with Crippen LogP contribution < -0.4 is 16.0 Å². The van der Waals surface area contributed by atoms with E-state index in [0.29, 0.717) is 75.3 Å². The van der Waals surface area contributed by atoms with Crippen LogP contribution in [0.3, 0.4) is 0 Å². The average molecular weight is 1180 g/mol. The molecule has 21 nitrogen and oxygen atoms in total. The van der Waals surface area contributed by atoms with Gasteiger partial charge in [0.1, 0.15) is 36.5 Å². The van der Waals surface area contributed by atoms with Crippen LogP contribution in [-0.4, -0.2) is 206 Å². The number of amides is 3. The Balaban J connectivity index is 1.43. The highest BCUT2D eigenvalue weighted by molar-refractivity contribution is 6.05. The van der Waals surface area contributed by atoms with Crippen LogP contribution in [0.2, 0.25) is 0 Å². The van der Waals surface area contributed by atoms with Gasteiger partial charge in [-0.25, -0.2) is 14.4 Å². The first-order valence-electron chi connectivity index (χ1n) is 30.4. The Hall–Kier alpha value is -6.99. The average Bonchev–Trinajstić information content (AvgIpc) is 1.96. The van der Waals surface area contributed by atoms with E-state index >= 15 is 0 Å². The fourth-order valence-corrected chi connectivity index (χ4v) is 12.6. The standard InChI is InChI=1S/C64H94N12O9/c1-62(2)32-44(52(56(77)71(11)29-20-67-7)49(35-62)74-23-14-15-24-74)47(38-65)59(80)83-40-43(41-84-60(81)48(39-66)45-33-63(3,4)36-50(75-25-16-17-26-75)53(45)57(78)72(12)30-21-68-8)42-85-61(82)55(70-10)46-34-64(5,6)37-51(76-27-18-19-28-76)54(46)58(79)73(13)31-22-69-9/h43,67-69H,14-37,40-42H2,1-9,11-13H3/b47-44+,48-45+,55-46-. The zero-order chi connectivity index (χ0) is 62.4. The summed E-state index contributed by atoms with van der Waals surface area (Å²) in [4.78, 5) is 103. The lowest BCUT2D eigenvalue weighted by molar-refractivity contribution is -0.148. The van der Waals surface area contributed by atoms with Gasteiger partial charge in [0, 0.05) is 117 Å². The lowest BCUT2D eigenvalue weighted by Gasteiger charge is -2.39. The molecular formula is C64H94N12O9. The van der Waals surface area contributed by atoms with Crippen molar-refractivity contribution >= 4 is 35.6 Å². The van der Waals surface area contributed by atoms with Gasteiger partial charge in [-0.1, -0.05) is 41.5 Å². The molecule has 3 aliphatic carbocycles. The number of nitrogens with zero attached hydrogens (tertiary/aromatic N) is 9. The summed E-state index contributed by atoms with van der Waals surface area (Å²) < 4.78 is 18.1. The van der Waals surface area contributed by atoms with E-state index in [-0.39, 0.29) is 70.5 Å². The van der Waals surface area contributed by atoms with Crippen LogP contribution in [0.15, 0.2) is 67.4 Å². The summed E-state index contributed by atoms with van der Waals surface area (Å²) in [6.07, 6.45) is 7.82. The van der Waals surface area contributed by atoms with E-state index in [1.54, 1.807) is 57.0 Å². The maximum absolute atomic E-state index is 14.7. The van der Waals surface area contributed by atoms with Gasteiger partial charge < -0.3 is 59.6 Å². The van der Waals surface area contributed by atoms with Crippen molar-refractivity contribution in [2.24, 2.45) is 22.2 Å². The van der Waals surface area contributed by atoms with Crippen LogP contribution in [-0.2, 0) is 43.0 Å². The molecule has 6 aliphatic rings. The molecule has 21 heteroatoms. The van der Waals surface area contributed by atoms with Gasteiger partial charge in [-0.2, -0.15) is 10.5 Å². The number of esters is 3. The van der Waals surface area contributed by atoms with Crippen molar-refractivity contribution in [3.63, 3.8) is 0 Å². The minimum absolute atomic E-state index is 0.211. The molecule has 464 valence electrons. The fourth-order valence-electron chi connectivity index (χ4n) is 12.6. The molecule has 0 aromatic heterocycles. The van der Waals surface area contributed by atoms with Gasteiger partial charge in [0.05, 0.1) is 35.8 Å². The van der Waals surface area contributed by atoms with Crippen molar-refractivity contribution in [1.29, 1.82) is 10.5 Å². The number of likely N-dealkylation sites (tertiary alicyclic amines) is 3. The van der Waals surface area contributed by atoms with E-state index < -0.39 is 59.9 Å². The van der Waals surface area contributed by atoms with Crippen LogP contribution >= 0.6 is 0 Å². The van der Waals surface area contributed by atoms with Gasteiger partial charge in [-0.15, -0.1) is 0 Å². The predicted octanol–water partition coefficient (Wildman–Crippen LogP) is 5.59. The number of hydrogen-bond acceptors (Lipinski definition) is 17. The number of carbonyl (C=O) groups is 6. The quantitative estimate of drug-likeness (QED) is 0.0351. The zero-order valence-electron chi connectivity index (χ0n) is 52.9. The summed E-state index contributed by atoms with van der Waals surface area (Å²) in [6, 6.07) is 4.17. The lowest BCUT2D eigenvalue weighted by Crippen LogP contribution is -2.39. The molecule has 0 aromatic rings. The molecule has 0 atom stereocenters. The predicted molar refractivity (Wildman–Crippen MR) is 323 cm³/mol. The number of hydrogen-bond donors (Lipinski definition) is 3. The number of rotatable bonds is 24.